The van der Waals surface area contributed by atoms with Crippen molar-refractivity contribution in [2.24, 2.45) is 0 Å². The zero-order chi connectivity index (χ0) is 16.2. The van der Waals surface area contributed by atoms with Crippen LogP contribution in [0.2, 0.25) is 0 Å². The first-order valence-corrected chi connectivity index (χ1v) is 7.87. The highest BCUT2D eigenvalue weighted by atomic mass is 16.2. The van der Waals surface area contributed by atoms with Crippen LogP contribution in [0.3, 0.4) is 0 Å². The van der Waals surface area contributed by atoms with Crippen LogP contribution in [0, 0.1) is 0 Å². The molecule has 23 heavy (non-hydrogen) atoms. The summed E-state index contributed by atoms with van der Waals surface area (Å²) in [5, 5.41) is 5.29. The van der Waals surface area contributed by atoms with Crippen LogP contribution in [0.25, 0.3) is 11.0 Å². The molecule has 0 atom stereocenters. The quantitative estimate of drug-likeness (QED) is 0.728. The highest BCUT2D eigenvalue weighted by Crippen LogP contribution is 2.15. The third-order valence-electron chi connectivity index (χ3n) is 3.95. The van der Waals surface area contributed by atoms with Gasteiger partial charge >= 0.3 is 0 Å². The van der Waals surface area contributed by atoms with Crippen LogP contribution >= 0.6 is 0 Å². The lowest BCUT2D eigenvalue weighted by atomic mass is 10.2. The van der Waals surface area contributed by atoms with E-state index in [2.05, 4.69) is 22.2 Å². The van der Waals surface area contributed by atoms with Crippen LogP contribution in [0.1, 0.15) is 29.8 Å². The van der Waals surface area contributed by atoms with E-state index in [0.717, 1.165) is 11.0 Å². The molecule has 3 aromatic rings. The summed E-state index contributed by atoms with van der Waals surface area (Å²) in [6.07, 6.45) is 3.41. The average molecular weight is 308 g/mol. The van der Waals surface area contributed by atoms with Crippen LogP contribution in [-0.4, -0.2) is 38.7 Å². The maximum atomic E-state index is 12.4. The molecule has 0 aliphatic rings. The molecule has 0 N–H and O–H groups in total. The Hall–Kier alpha value is -2.69. The maximum absolute atomic E-state index is 12.4. The van der Waals surface area contributed by atoms with Gasteiger partial charge in [-0.3, -0.25) is 4.79 Å². The van der Waals surface area contributed by atoms with Gasteiger partial charge in [-0.1, -0.05) is 30.3 Å². The van der Waals surface area contributed by atoms with E-state index in [-0.39, 0.29) is 5.91 Å². The molecule has 1 aromatic carbocycles. The number of carbonyl (C=O) groups excluding carboxylic acids is 1. The van der Waals surface area contributed by atoms with E-state index in [0.29, 0.717) is 25.2 Å². The number of fused-ring (bicyclic) bond motifs is 1. The summed E-state index contributed by atoms with van der Waals surface area (Å²) in [5.41, 5.74) is 2.58. The van der Waals surface area contributed by atoms with Gasteiger partial charge in [0.05, 0.1) is 18.3 Å². The molecule has 0 saturated heterocycles. The molecule has 5 heteroatoms. The van der Waals surface area contributed by atoms with Crippen LogP contribution in [0.5, 0.6) is 0 Å². The third kappa shape index (κ3) is 3.08. The SMILES string of the molecule is CCN(CC)C(=O)c1cnc2c(cnn2Cc2ccccc2)c1. The lowest BCUT2D eigenvalue weighted by molar-refractivity contribution is 0.0773. The smallest absolute Gasteiger partial charge is 0.255 e. The molecule has 0 fully saturated rings. The molecule has 0 bridgehead atoms. The van der Waals surface area contributed by atoms with Gasteiger partial charge in [-0.2, -0.15) is 5.10 Å². The van der Waals surface area contributed by atoms with E-state index in [1.54, 1.807) is 17.3 Å². The molecule has 1 amide bonds. The maximum Gasteiger partial charge on any atom is 0.255 e. The van der Waals surface area contributed by atoms with Crippen molar-refractivity contribution in [2.45, 2.75) is 20.4 Å². The van der Waals surface area contributed by atoms with E-state index in [9.17, 15) is 4.79 Å². The van der Waals surface area contributed by atoms with Gasteiger partial charge in [-0.15, -0.1) is 0 Å². The minimum atomic E-state index is 0.0141. The number of aromatic nitrogens is 3. The van der Waals surface area contributed by atoms with Crippen molar-refractivity contribution in [2.75, 3.05) is 13.1 Å². The second-order valence-electron chi connectivity index (χ2n) is 5.40. The molecule has 5 nitrogen and oxygen atoms in total. The van der Waals surface area contributed by atoms with Crippen LogP contribution < -0.4 is 0 Å². The van der Waals surface area contributed by atoms with Gasteiger partial charge in [0.1, 0.15) is 0 Å². The lowest BCUT2D eigenvalue weighted by Crippen LogP contribution is -2.30. The minimum Gasteiger partial charge on any atom is -0.339 e. The van der Waals surface area contributed by atoms with E-state index in [1.165, 1.54) is 5.56 Å². The Morgan fingerprint density at radius 2 is 1.87 bits per heavy atom. The summed E-state index contributed by atoms with van der Waals surface area (Å²) >= 11 is 0. The van der Waals surface area contributed by atoms with Crippen molar-refractivity contribution >= 4 is 16.9 Å². The Kier molecular flexibility index (Phi) is 4.37. The fourth-order valence-corrected chi connectivity index (χ4v) is 2.65. The van der Waals surface area contributed by atoms with Crippen molar-refractivity contribution in [1.82, 2.24) is 19.7 Å². The van der Waals surface area contributed by atoms with Crippen LogP contribution in [0.4, 0.5) is 0 Å². The summed E-state index contributed by atoms with van der Waals surface area (Å²) in [6.45, 7) is 6.01. The van der Waals surface area contributed by atoms with Crippen molar-refractivity contribution in [1.29, 1.82) is 0 Å². The van der Waals surface area contributed by atoms with E-state index >= 15 is 0 Å². The molecule has 118 valence electrons. The molecule has 0 aliphatic carbocycles. The number of benzene rings is 1. The second kappa shape index (κ2) is 6.60. The zero-order valence-electron chi connectivity index (χ0n) is 13.4. The average Bonchev–Trinajstić information content (AvgIpc) is 2.99. The number of nitrogens with zero attached hydrogens (tertiary/aromatic N) is 4. The topological polar surface area (TPSA) is 51.0 Å². The summed E-state index contributed by atoms with van der Waals surface area (Å²) in [7, 11) is 0. The predicted octanol–water partition coefficient (Wildman–Crippen LogP) is 2.96. The highest BCUT2D eigenvalue weighted by molar-refractivity contribution is 5.96. The van der Waals surface area contributed by atoms with Gasteiger partial charge in [0, 0.05) is 24.7 Å². The lowest BCUT2D eigenvalue weighted by Gasteiger charge is -2.18. The highest BCUT2D eigenvalue weighted by Gasteiger charge is 2.14. The van der Waals surface area contributed by atoms with Crippen LogP contribution in [-0.2, 0) is 6.54 Å². The monoisotopic (exact) mass is 308 g/mol. The Bertz CT molecular complexity index is 806. The standard InChI is InChI=1S/C18H20N4O/c1-3-21(4-2)18(23)16-10-15-12-20-22(17(15)19-11-16)13-14-8-6-5-7-9-14/h5-12H,3-4,13H2,1-2H3. The van der Waals surface area contributed by atoms with Crippen LogP contribution in [0.15, 0.2) is 48.8 Å². The molecular formula is C18H20N4O. The molecule has 0 aliphatic heterocycles. The summed E-state index contributed by atoms with van der Waals surface area (Å²) in [6, 6.07) is 12.0. The predicted molar refractivity (Wildman–Crippen MR) is 90.3 cm³/mol. The molecule has 3 rings (SSSR count). The molecule has 2 heterocycles. The first kappa shape index (κ1) is 15.2. The number of pyridine rings is 1. The van der Waals surface area contributed by atoms with Gasteiger partial charge < -0.3 is 4.90 Å². The normalized spacial score (nSPS) is 10.9. The molecule has 0 radical (unpaired) electrons. The Morgan fingerprint density at radius 3 is 2.57 bits per heavy atom. The fourth-order valence-electron chi connectivity index (χ4n) is 2.65. The zero-order valence-corrected chi connectivity index (χ0v) is 13.4. The van der Waals surface area contributed by atoms with Crippen molar-refractivity contribution < 1.29 is 4.79 Å². The van der Waals surface area contributed by atoms with Gasteiger partial charge in [0.25, 0.3) is 5.91 Å². The number of amides is 1. The van der Waals surface area contributed by atoms with E-state index < -0.39 is 0 Å². The van der Waals surface area contributed by atoms with Crippen molar-refractivity contribution in [3.63, 3.8) is 0 Å². The molecular weight excluding hydrogens is 288 g/mol. The van der Waals surface area contributed by atoms with Gasteiger partial charge in [-0.05, 0) is 25.5 Å². The Morgan fingerprint density at radius 1 is 1.13 bits per heavy atom. The molecule has 2 aromatic heterocycles. The largest absolute Gasteiger partial charge is 0.339 e. The Labute approximate surface area is 135 Å². The molecule has 0 spiro atoms. The van der Waals surface area contributed by atoms with Crippen molar-refractivity contribution in [3.8, 4) is 0 Å². The van der Waals surface area contributed by atoms with Gasteiger partial charge in [-0.25, -0.2) is 9.67 Å². The first-order chi connectivity index (χ1) is 11.2. The summed E-state index contributed by atoms with van der Waals surface area (Å²) < 4.78 is 1.86. The number of hydrogen-bond donors (Lipinski definition) is 0. The minimum absolute atomic E-state index is 0.0141. The van der Waals surface area contributed by atoms with E-state index in [4.69, 9.17) is 0 Å². The second-order valence-corrected chi connectivity index (χ2v) is 5.40. The number of hydrogen-bond acceptors (Lipinski definition) is 3. The molecule has 0 saturated carbocycles. The number of rotatable bonds is 5. The van der Waals surface area contributed by atoms with Gasteiger partial charge in [0.15, 0.2) is 5.65 Å². The third-order valence-corrected chi connectivity index (χ3v) is 3.95. The Balaban J connectivity index is 1.90. The van der Waals surface area contributed by atoms with Crippen molar-refractivity contribution in [3.05, 3.63) is 59.9 Å². The summed E-state index contributed by atoms with van der Waals surface area (Å²) in [4.78, 5) is 18.7. The first-order valence-electron chi connectivity index (χ1n) is 7.87. The van der Waals surface area contributed by atoms with E-state index in [1.807, 2.05) is 42.8 Å². The van der Waals surface area contributed by atoms with Gasteiger partial charge in [0.2, 0.25) is 0 Å². The number of carbonyl (C=O) groups is 1. The summed E-state index contributed by atoms with van der Waals surface area (Å²) in [5.74, 6) is 0.0141. The molecule has 0 unspecified atom stereocenters. The fraction of sp³-hybridized carbons (Fsp3) is 0.278.